The van der Waals surface area contributed by atoms with Crippen LogP contribution in [0.3, 0.4) is 0 Å². The molecule has 8 bridgehead atoms. The summed E-state index contributed by atoms with van der Waals surface area (Å²) in [5.74, 6) is -2.86. The number of aryl methyl sites for hydroxylation is 3. The molecule has 0 amide bonds. The van der Waals surface area contributed by atoms with Gasteiger partial charge in [0.2, 0.25) is 5.79 Å². The fourth-order valence-electron chi connectivity index (χ4n) is 11.8. The topological polar surface area (TPSA) is 185 Å². The van der Waals surface area contributed by atoms with Gasteiger partial charge in [-0.3, -0.25) is 0 Å². The van der Waals surface area contributed by atoms with Crippen LogP contribution in [0.5, 0.6) is 0 Å². The first kappa shape index (κ1) is 44.7. The number of aromatic nitrogens is 7. The smallest absolute Gasteiger partial charge is 0.338 e. The second-order valence-electron chi connectivity index (χ2n) is 20.6. The molecular formula is C57H54N7O7+3. The normalized spacial score (nSPS) is 25.1. The monoisotopic (exact) mass is 948 g/mol. The van der Waals surface area contributed by atoms with E-state index in [1.807, 2.05) is 102 Å². The Balaban J connectivity index is 1.01. The molecule has 6 N–H and O–H groups in total. The van der Waals surface area contributed by atoms with Gasteiger partial charge in [0, 0.05) is 86.1 Å². The van der Waals surface area contributed by atoms with Gasteiger partial charge < -0.3 is 39.9 Å². The van der Waals surface area contributed by atoms with E-state index in [2.05, 4.69) is 76.7 Å². The predicted molar refractivity (Wildman–Crippen MR) is 267 cm³/mol. The zero-order valence-corrected chi connectivity index (χ0v) is 40.4. The van der Waals surface area contributed by atoms with Crippen LogP contribution < -0.4 is 13.7 Å². The second-order valence-corrected chi connectivity index (χ2v) is 20.6. The van der Waals surface area contributed by atoms with Crippen LogP contribution >= 0.6 is 0 Å². The summed E-state index contributed by atoms with van der Waals surface area (Å²) in [6.07, 6.45) is 19.0. The van der Waals surface area contributed by atoms with Crippen molar-refractivity contribution in [2.75, 3.05) is 6.61 Å². The number of hydrogen-bond acceptors (Lipinski definition) is 9. The summed E-state index contributed by atoms with van der Waals surface area (Å²) in [6.45, 7) is 5.83. The van der Waals surface area contributed by atoms with Crippen molar-refractivity contribution in [1.82, 2.24) is 19.9 Å². The van der Waals surface area contributed by atoms with Gasteiger partial charge in [0.15, 0.2) is 42.8 Å². The minimum atomic E-state index is -2.16. The van der Waals surface area contributed by atoms with Gasteiger partial charge in [0.25, 0.3) is 0 Å². The van der Waals surface area contributed by atoms with Crippen molar-refractivity contribution in [3.8, 4) is 44.5 Å². The van der Waals surface area contributed by atoms with Gasteiger partial charge in [-0.25, -0.2) is 28.5 Å². The predicted octanol–water partition coefficient (Wildman–Crippen LogP) is 6.31. The Morgan fingerprint density at radius 1 is 0.535 bits per heavy atom. The number of nitrogens with zero attached hydrogens (tertiary/aromatic N) is 5. The molecular weight excluding hydrogens is 895 g/mol. The van der Waals surface area contributed by atoms with E-state index in [1.165, 1.54) is 0 Å². The van der Waals surface area contributed by atoms with Crippen LogP contribution in [0.4, 0.5) is 0 Å². The highest BCUT2D eigenvalue weighted by atomic mass is 16.7. The molecule has 1 aromatic carbocycles. The van der Waals surface area contributed by atoms with Gasteiger partial charge >= 0.3 is 5.97 Å². The van der Waals surface area contributed by atoms with Gasteiger partial charge in [-0.05, 0) is 83.0 Å². The Bertz CT molecular complexity index is 3640. The third kappa shape index (κ3) is 5.99. The Labute approximate surface area is 409 Å². The quantitative estimate of drug-likeness (QED) is 0.0787. The van der Waals surface area contributed by atoms with E-state index < -0.39 is 52.1 Å². The highest BCUT2D eigenvalue weighted by Crippen LogP contribution is 2.86. The molecule has 7 aromatic rings. The largest absolute Gasteiger partial charge is 0.459 e. The number of ether oxygens (including phenoxy) is 2. The summed E-state index contributed by atoms with van der Waals surface area (Å²) in [4.78, 5) is 32.1. The molecule has 14 heteroatoms. The van der Waals surface area contributed by atoms with Crippen molar-refractivity contribution in [1.29, 1.82) is 0 Å². The number of esters is 1. The summed E-state index contributed by atoms with van der Waals surface area (Å²) in [5.41, 5.74) is 5.09. The average Bonchev–Trinajstić information content (AvgIpc) is 4.08. The molecule has 1 saturated heterocycles. The molecule has 0 unspecified atom stereocenters. The highest BCUT2D eigenvalue weighted by molar-refractivity contribution is 6.00. The van der Waals surface area contributed by atoms with E-state index in [-0.39, 0.29) is 5.56 Å². The molecule has 5 atom stereocenters. The molecule has 2 saturated carbocycles. The molecule has 0 spiro atoms. The van der Waals surface area contributed by atoms with E-state index in [1.54, 1.807) is 39.8 Å². The van der Waals surface area contributed by atoms with Crippen LogP contribution in [0.1, 0.15) is 60.8 Å². The molecule has 12 rings (SSSR count). The molecule has 5 aliphatic rings. The number of nitrogens with one attached hydrogen (secondary N) is 2. The van der Waals surface area contributed by atoms with Crippen LogP contribution in [0, 0.1) is 10.8 Å². The molecule has 14 nitrogen and oxygen atoms in total. The maximum absolute atomic E-state index is 13.8. The second kappa shape index (κ2) is 15.0. The molecule has 356 valence electrons. The van der Waals surface area contributed by atoms with Crippen LogP contribution in [-0.4, -0.2) is 81.6 Å². The molecule has 71 heavy (non-hydrogen) atoms. The third-order valence-corrected chi connectivity index (χ3v) is 16.2. The van der Waals surface area contributed by atoms with Gasteiger partial charge in [0.1, 0.15) is 45.1 Å². The number of H-pyrrole nitrogens is 2. The van der Waals surface area contributed by atoms with Gasteiger partial charge in [-0.15, -0.1) is 0 Å². The minimum Gasteiger partial charge on any atom is -0.459 e. The Hall–Kier alpha value is -7.46. The number of carbonyl (C=O) groups excluding carboxylic acids is 1. The van der Waals surface area contributed by atoms with Crippen molar-refractivity contribution < 1.29 is 48.4 Å². The minimum absolute atomic E-state index is 0.225. The first-order chi connectivity index (χ1) is 33.8. The fraction of sp³-hybridized carbons (Fsp3) is 0.263. The molecule has 6 aromatic heterocycles. The lowest BCUT2D eigenvalue weighted by Gasteiger charge is -2.36. The van der Waals surface area contributed by atoms with E-state index >= 15 is 0 Å². The fourth-order valence-corrected chi connectivity index (χ4v) is 11.8. The van der Waals surface area contributed by atoms with E-state index in [4.69, 9.17) is 19.4 Å². The molecule has 2 aliphatic carbocycles. The summed E-state index contributed by atoms with van der Waals surface area (Å²) in [5, 5.41) is 46.6. The molecule has 9 heterocycles. The average molecular weight is 949 g/mol. The van der Waals surface area contributed by atoms with Crippen LogP contribution in [0.25, 0.3) is 90.9 Å². The van der Waals surface area contributed by atoms with Crippen molar-refractivity contribution in [2.24, 2.45) is 32.0 Å². The lowest BCUT2D eigenvalue weighted by molar-refractivity contribution is -0.671. The number of pyridine rings is 3. The molecule has 3 fully saturated rings. The number of carbonyl (C=O) groups is 1. The Morgan fingerprint density at radius 3 is 1.37 bits per heavy atom. The van der Waals surface area contributed by atoms with Crippen LogP contribution in [0.15, 0.2) is 122 Å². The zero-order chi connectivity index (χ0) is 49.6. The summed E-state index contributed by atoms with van der Waals surface area (Å²) < 4.78 is 17.7. The summed E-state index contributed by atoms with van der Waals surface area (Å²) in [6, 6.07) is 27.9. The van der Waals surface area contributed by atoms with Crippen LogP contribution in [-0.2, 0) is 30.6 Å². The number of benzene rings is 1. The number of fused-ring (bicyclic) bond motifs is 11. The first-order valence-electron chi connectivity index (χ1n) is 23.7. The number of aromatic amines is 2. The summed E-state index contributed by atoms with van der Waals surface area (Å²) in [7, 11) is 5.98. The summed E-state index contributed by atoms with van der Waals surface area (Å²) >= 11 is 0. The maximum atomic E-state index is 13.8. The van der Waals surface area contributed by atoms with Crippen molar-refractivity contribution >= 4 is 52.3 Å². The standard InChI is InChI=1S/C57H53N7O7/c1-52(2)54(66)46(71-57(69)53(3,4)56(57,68)55(52,54)67)32-70-51(65)37-10-8-33(9-11-37)47-38-12-14-40(58-38)48(34-20-26-62(5)27-21-34)42-16-18-44(60-42)50(36-24-30-64(7)31-25-36)45-19-17-43(61-45)49(41-15-13-39(47)59-41)35-22-28-63(6)29-23-35/h8-31,46,66-69H,32H2,1-7H3,(H,58,59,60,61)/q+2/p+1/t46-,54-,55+,56-,57-/m1/s1. The van der Waals surface area contributed by atoms with E-state index in [9.17, 15) is 25.2 Å². The highest BCUT2D eigenvalue weighted by Gasteiger charge is 3.08. The number of hydrogen-bond donors (Lipinski definition) is 6. The molecule has 3 aliphatic heterocycles. The number of aliphatic hydroxyl groups is 4. The van der Waals surface area contributed by atoms with Gasteiger partial charge in [-0.2, -0.15) is 0 Å². The van der Waals surface area contributed by atoms with Gasteiger partial charge in [-0.1, -0.05) is 39.8 Å². The number of rotatable bonds is 7. The van der Waals surface area contributed by atoms with Crippen molar-refractivity contribution in [3.63, 3.8) is 0 Å². The zero-order valence-electron chi connectivity index (χ0n) is 40.4. The third-order valence-electron chi connectivity index (χ3n) is 16.2. The van der Waals surface area contributed by atoms with E-state index in [0.717, 1.165) is 83.7 Å². The van der Waals surface area contributed by atoms with Crippen molar-refractivity contribution in [2.45, 2.75) is 56.4 Å². The lowest BCUT2D eigenvalue weighted by Crippen LogP contribution is -2.58. The van der Waals surface area contributed by atoms with E-state index in [0.29, 0.717) is 5.69 Å². The SMILES string of the molecule is C[n+]1ccc(-c2c3nc(c(-c4ccc(C(=O)OC[C@H]5O[C@]6(O)C(C)(C)[C@@]6(O)[C@]6(O)C(C)(C)[C@]56O)cc4)c4ccc([nH]4)c(-c4cc[n+](C)cc4)c4ccc([nH]4)c(-c4cc[n+](C)cc4)c4nc2C=C4)C=C3)cc1. The first-order valence-corrected chi connectivity index (χ1v) is 23.7. The molecule has 0 radical (unpaired) electrons. The maximum Gasteiger partial charge on any atom is 0.338 e. The Kier molecular flexibility index (Phi) is 9.47. The van der Waals surface area contributed by atoms with Crippen molar-refractivity contribution in [3.05, 3.63) is 150 Å². The lowest BCUT2D eigenvalue weighted by atomic mass is 9.93. The van der Waals surface area contributed by atoms with Gasteiger partial charge in [0.05, 0.1) is 33.8 Å². The Morgan fingerprint density at radius 2 is 0.915 bits per heavy atom. The van der Waals surface area contributed by atoms with Crippen LogP contribution in [0.2, 0.25) is 0 Å².